The second kappa shape index (κ2) is 9.19. The fourth-order valence-corrected chi connectivity index (χ4v) is 4.78. The minimum Gasteiger partial charge on any atom is -0.507 e. The number of halogens is 1. The molecular formula is C30H37ClO3. The van der Waals surface area contributed by atoms with E-state index in [1.165, 1.54) is 0 Å². The first kappa shape index (κ1) is 26.0. The highest BCUT2D eigenvalue weighted by atomic mass is 35.5. The van der Waals surface area contributed by atoms with Gasteiger partial charge in [0.15, 0.2) is 0 Å². The number of hydrogen-bond acceptors (Lipinski definition) is 3. The third-order valence-corrected chi connectivity index (χ3v) is 6.49. The lowest BCUT2D eigenvalue weighted by atomic mass is 9.82. The van der Waals surface area contributed by atoms with Crippen LogP contribution in [0.3, 0.4) is 0 Å². The number of rotatable bonds is 4. The number of phenolic OH excluding ortho intramolecular Hbond substituents is 3. The summed E-state index contributed by atoms with van der Waals surface area (Å²) in [6.45, 7) is 16.4. The van der Waals surface area contributed by atoms with Gasteiger partial charge in [-0.1, -0.05) is 88.5 Å². The normalized spacial score (nSPS) is 12.3. The Morgan fingerprint density at radius 1 is 0.559 bits per heavy atom. The quantitative estimate of drug-likeness (QED) is 0.356. The van der Waals surface area contributed by atoms with E-state index in [-0.39, 0.29) is 28.1 Å². The Kier molecular flexibility index (Phi) is 7.01. The Labute approximate surface area is 209 Å². The molecule has 0 atom stereocenters. The van der Waals surface area contributed by atoms with Gasteiger partial charge in [0.05, 0.1) is 0 Å². The molecule has 0 aromatic heterocycles. The third kappa shape index (κ3) is 5.52. The van der Waals surface area contributed by atoms with Crippen molar-refractivity contribution >= 4 is 11.6 Å². The Hall–Kier alpha value is -2.65. The van der Waals surface area contributed by atoms with Gasteiger partial charge in [-0.2, -0.15) is 0 Å². The van der Waals surface area contributed by atoms with Crippen LogP contribution in [-0.2, 0) is 23.7 Å². The molecule has 3 rings (SSSR count). The molecule has 0 saturated carbocycles. The minimum atomic E-state index is -0.208. The summed E-state index contributed by atoms with van der Waals surface area (Å²) < 4.78 is 0. The van der Waals surface area contributed by atoms with Gasteiger partial charge in [0.25, 0.3) is 0 Å². The van der Waals surface area contributed by atoms with E-state index in [1.807, 2.05) is 38.1 Å². The number of aryl methyl sites for hydroxylation is 2. The van der Waals surface area contributed by atoms with Gasteiger partial charge in [-0.15, -0.1) is 0 Å². The second-order valence-corrected chi connectivity index (χ2v) is 12.0. The molecule has 0 aliphatic rings. The van der Waals surface area contributed by atoms with Crippen LogP contribution >= 0.6 is 11.6 Å². The molecule has 3 nitrogen and oxygen atoms in total. The molecule has 34 heavy (non-hydrogen) atoms. The summed E-state index contributed by atoms with van der Waals surface area (Å²) in [5, 5.41) is 33.7. The molecule has 0 fully saturated rings. The molecule has 0 heterocycles. The van der Waals surface area contributed by atoms with Crippen LogP contribution in [0.15, 0.2) is 36.4 Å². The third-order valence-electron chi connectivity index (χ3n) is 6.28. The van der Waals surface area contributed by atoms with Crippen molar-refractivity contribution in [2.24, 2.45) is 0 Å². The molecule has 0 spiro atoms. The summed E-state index contributed by atoms with van der Waals surface area (Å²) in [4.78, 5) is 0. The fraction of sp³-hybridized carbons (Fsp3) is 0.400. The van der Waals surface area contributed by atoms with E-state index >= 15 is 0 Å². The van der Waals surface area contributed by atoms with Gasteiger partial charge >= 0.3 is 0 Å². The maximum atomic E-state index is 11.2. The average Bonchev–Trinajstić information content (AvgIpc) is 2.68. The van der Waals surface area contributed by atoms with Gasteiger partial charge in [-0.05, 0) is 59.1 Å². The Bertz CT molecular complexity index is 1130. The number of phenols is 3. The molecule has 0 aliphatic carbocycles. The van der Waals surface area contributed by atoms with Crippen molar-refractivity contribution in [3.05, 3.63) is 85.9 Å². The van der Waals surface area contributed by atoms with Crippen LogP contribution in [0.25, 0.3) is 0 Å². The first-order valence-electron chi connectivity index (χ1n) is 11.7. The van der Waals surface area contributed by atoms with Crippen LogP contribution in [0, 0.1) is 13.8 Å². The monoisotopic (exact) mass is 480 g/mol. The standard InChI is InChI=1S/C30H37ClO3/c1-17-9-19(27(33)24(11-17)29(3,4)5)13-21-15-23(31)16-22(26(21)32)14-20-10-18(2)12-25(28(20)34)30(6,7)8/h9-12,15-16,32-34H,13-14H2,1-8H3. The van der Waals surface area contributed by atoms with Crippen LogP contribution in [0.1, 0.15) is 86.1 Å². The maximum absolute atomic E-state index is 11.2. The van der Waals surface area contributed by atoms with E-state index in [0.717, 1.165) is 33.4 Å². The summed E-state index contributed by atoms with van der Waals surface area (Å²) in [5.74, 6) is 0.649. The SMILES string of the molecule is Cc1cc(Cc2cc(Cl)cc(Cc3cc(C)cc(C(C)(C)C)c3O)c2O)c(O)c(C(C)(C)C)c1. The largest absolute Gasteiger partial charge is 0.507 e. The molecular weight excluding hydrogens is 444 g/mol. The predicted molar refractivity (Wildman–Crippen MR) is 142 cm³/mol. The van der Waals surface area contributed by atoms with Crippen molar-refractivity contribution in [1.82, 2.24) is 0 Å². The molecule has 0 radical (unpaired) electrons. The van der Waals surface area contributed by atoms with Crippen LogP contribution in [0.4, 0.5) is 0 Å². The van der Waals surface area contributed by atoms with E-state index in [9.17, 15) is 15.3 Å². The zero-order valence-electron chi connectivity index (χ0n) is 21.6. The van der Waals surface area contributed by atoms with E-state index < -0.39 is 0 Å². The van der Waals surface area contributed by atoms with Crippen LogP contribution < -0.4 is 0 Å². The fourth-order valence-electron chi connectivity index (χ4n) is 4.52. The molecule has 0 saturated heterocycles. The van der Waals surface area contributed by atoms with Crippen molar-refractivity contribution in [1.29, 1.82) is 0 Å². The summed E-state index contributed by atoms with van der Waals surface area (Å²) >= 11 is 6.47. The first-order chi connectivity index (χ1) is 15.6. The van der Waals surface area contributed by atoms with Crippen molar-refractivity contribution in [2.45, 2.75) is 79.1 Å². The zero-order valence-corrected chi connectivity index (χ0v) is 22.4. The van der Waals surface area contributed by atoms with Crippen molar-refractivity contribution in [3.8, 4) is 17.2 Å². The lowest BCUT2D eigenvalue weighted by Crippen LogP contribution is -2.13. The lowest BCUT2D eigenvalue weighted by Gasteiger charge is -2.24. The van der Waals surface area contributed by atoms with Gasteiger partial charge in [0.1, 0.15) is 17.2 Å². The Morgan fingerprint density at radius 2 is 0.882 bits per heavy atom. The molecule has 0 aliphatic heterocycles. The summed E-state index contributed by atoms with van der Waals surface area (Å²) in [6, 6.07) is 11.4. The van der Waals surface area contributed by atoms with E-state index in [0.29, 0.717) is 29.0 Å². The highest BCUT2D eigenvalue weighted by molar-refractivity contribution is 6.30. The van der Waals surface area contributed by atoms with E-state index in [1.54, 1.807) is 12.1 Å². The molecule has 3 aromatic rings. The van der Waals surface area contributed by atoms with Crippen LogP contribution in [-0.4, -0.2) is 15.3 Å². The molecule has 3 aromatic carbocycles. The lowest BCUT2D eigenvalue weighted by molar-refractivity contribution is 0.438. The van der Waals surface area contributed by atoms with Gasteiger partial charge in [0, 0.05) is 29.0 Å². The van der Waals surface area contributed by atoms with Crippen molar-refractivity contribution < 1.29 is 15.3 Å². The summed E-state index contributed by atoms with van der Waals surface area (Å²) in [5.41, 5.74) is 6.24. The highest BCUT2D eigenvalue weighted by Gasteiger charge is 2.23. The number of hydrogen-bond donors (Lipinski definition) is 3. The van der Waals surface area contributed by atoms with Crippen molar-refractivity contribution in [3.63, 3.8) is 0 Å². The number of benzene rings is 3. The predicted octanol–water partition coefficient (Wildman–Crippen LogP) is 7.85. The zero-order chi connectivity index (χ0) is 25.6. The second-order valence-electron chi connectivity index (χ2n) is 11.6. The minimum absolute atomic E-state index is 0.140. The smallest absolute Gasteiger partial charge is 0.122 e. The van der Waals surface area contributed by atoms with E-state index in [4.69, 9.17) is 11.6 Å². The first-order valence-corrected chi connectivity index (χ1v) is 12.1. The molecule has 0 amide bonds. The Balaban J connectivity index is 2.06. The summed E-state index contributed by atoms with van der Waals surface area (Å²) in [6.07, 6.45) is 0.700. The molecule has 0 bridgehead atoms. The molecule has 3 N–H and O–H groups in total. The van der Waals surface area contributed by atoms with Gasteiger partial charge < -0.3 is 15.3 Å². The average molecular weight is 481 g/mol. The number of aromatic hydroxyl groups is 3. The van der Waals surface area contributed by atoms with E-state index in [2.05, 4.69) is 41.5 Å². The summed E-state index contributed by atoms with van der Waals surface area (Å²) in [7, 11) is 0. The Morgan fingerprint density at radius 3 is 1.21 bits per heavy atom. The molecule has 4 heteroatoms. The van der Waals surface area contributed by atoms with Crippen molar-refractivity contribution in [2.75, 3.05) is 0 Å². The van der Waals surface area contributed by atoms with Gasteiger partial charge in [-0.3, -0.25) is 0 Å². The molecule has 0 unspecified atom stereocenters. The van der Waals surface area contributed by atoms with Crippen LogP contribution in [0.5, 0.6) is 17.2 Å². The molecule has 182 valence electrons. The topological polar surface area (TPSA) is 60.7 Å². The van der Waals surface area contributed by atoms with Gasteiger partial charge in [-0.25, -0.2) is 0 Å². The highest BCUT2D eigenvalue weighted by Crippen LogP contribution is 2.40. The maximum Gasteiger partial charge on any atom is 0.122 e. The van der Waals surface area contributed by atoms with Gasteiger partial charge in [0.2, 0.25) is 0 Å². The van der Waals surface area contributed by atoms with Crippen LogP contribution in [0.2, 0.25) is 5.02 Å².